The first-order valence-corrected chi connectivity index (χ1v) is 25.6. The van der Waals surface area contributed by atoms with Crippen LogP contribution in [0.25, 0.3) is 95.6 Å². The van der Waals surface area contributed by atoms with Gasteiger partial charge >= 0.3 is 0 Å². The molecule has 0 atom stereocenters. The Labute approximate surface area is 382 Å². The first kappa shape index (κ1) is 36.8. The van der Waals surface area contributed by atoms with E-state index in [1.807, 2.05) is 47.2 Å². The molecule has 0 bridgehead atoms. The molecule has 0 amide bonds. The number of fused-ring (bicyclic) bond motifs is 12. The fourth-order valence-corrected chi connectivity index (χ4v) is 19.2. The second kappa shape index (κ2) is 14.2. The summed E-state index contributed by atoms with van der Waals surface area (Å²) >= 11 is 3.87. The molecule has 6 heterocycles. The SMILES string of the molecule is c1ccc([Si](c2ccccc2)(c2cccc3c2sc2ccc(-n4c5ccccc5c5ncccc54)cc23)c2cccc3c2sc2ccc(-n4c5ccccc5c5ncccc54)cc23)cc1. The molecule has 0 radical (unpaired) electrons. The van der Waals surface area contributed by atoms with Gasteiger partial charge in [-0.1, -0.05) is 133 Å². The van der Waals surface area contributed by atoms with E-state index in [-0.39, 0.29) is 0 Å². The molecule has 0 aliphatic rings. The van der Waals surface area contributed by atoms with E-state index >= 15 is 0 Å². The van der Waals surface area contributed by atoms with Crippen LogP contribution >= 0.6 is 22.7 Å². The molecule has 0 aliphatic carbocycles. The van der Waals surface area contributed by atoms with Gasteiger partial charge in [0, 0.05) is 74.9 Å². The van der Waals surface area contributed by atoms with Gasteiger partial charge in [0.15, 0.2) is 8.07 Å². The van der Waals surface area contributed by atoms with Crippen molar-refractivity contribution in [1.82, 2.24) is 19.1 Å². The first-order chi connectivity index (χ1) is 32.3. The Hall–Kier alpha value is -7.68. The minimum absolute atomic E-state index is 1.03. The number of thiophene rings is 2. The quantitative estimate of drug-likeness (QED) is 0.123. The van der Waals surface area contributed by atoms with Crippen LogP contribution in [0.1, 0.15) is 0 Å². The molecule has 6 aromatic heterocycles. The summed E-state index contributed by atoms with van der Waals surface area (Å²) in [6, 6.07) is 76.8. The third-order valence-electron chi connectivity index (χ3n) is 13.6. The molecule has 0 fully saturated rings. The summed E-state index contributed by atoms with van der Waals surface area (Å²) in [4.78, 5) is 9.68. The maximum absolute atomic E-state index is 4.84. The minimum Gasteiger partial charge on any atom is -0.308 e. The summed E-state index contributed by atoms with van der Waals surface area (Å²) in [5, 5.41) is 13.0. The third kappa shape index (κ3) is 5.23. The van der Waals surface area contributed by atoms with Crippen molar-refractivity contribution in [2.75, 3.05) is 0 Å². The summed E-state index contributed by atoms with van der Waals surface area (Å²) in [6.07, 6.45) is 3.79. The number of nitrogens with zero attached hydrogens (tertiary/aromatic N) is 4. The molecule has 8 aromatic carbocycles. The Morgan fingerprint density at radius 3 is 1.23 bits per heavy atom. The predicted octanol–water partition coefficient (Wildman–Crippen LogP) is 12.8. The lowest BCUT2D eigenvalue weighted by Gasteiger charge is -2.35. The largest absolute Gasteiger partial charge is 0.308 e. The van der Waals surface area contributed by atoms with Crippen LogP contribution in [0, 0.1) is 0 Å². The van der Waals surface area contributed by atoms with Crippen LogP contribution in [0.5, 0.6) is 0 Å². The summed E-state index contributed by atoms with van der Waals surface area (Å²) in [7, 11) is -3.04. The number of rotatable bonds is 6. The molecule has 14 aromatic rings. The van der Waals surface area contributed by atoms with Crippen LogP contribution in [0.4, 0.5) is 0 Å². The zero-order valence-electron chi connectivity index (χ0n) is 34.9. The van der Waals surface area contributed by atoms with Crippen molar-refractivity contribution in [2.24, 2.45) is 0 Å². The monoisotopic (exact) mass is 880 g/mol. The normalized spacial score (nSPS) is 12.3. The molecule has 0 saturated heterocycles. The van der Waals surface area contributed by atoms with E-state index in [0.717, 1.165) is 55.2 Å². The highest BCUT2D eigenvalue weighted by atomic mass is 32.1. The van der Waals surface area contributed by atoms with Crippen molar-refractivity contribution >= 4 is 136 Å². The lowest BCUT2D eigenvalue weighted by atomic mass is 10.1. The van der Waals surface area contributed by atoms with E-state index in [2.05, 4.69) is 203 Å². The van der Waals surface area contributed by atoms with Crippen LogP contribution in [0.3, 0.4) is 0 Å². The maximum Gasteiger partial charge on any atom is 0.182 e. The third-order valence-corrected chi connectivity index (χ3v) is 21.2. The van der Waals surface area contributed by atoms with Crippen LogP contribution in [0.15, 0.2) is 219 Å². The summed E-state index contributed by atoms with van der Waals surface area (Å²) in [6.45, 7) is 0. The van der Waals surface area contributed by atoms with Crippen LogP contribution in [-0.4, -0.2) is 27.2 Å². The average molecular weight is 881 g/mol. The second-order valence-corrected chi connectivity index (χ2v) is 22.7. The van der Waals surface area contributed by atoms with Gasteiger partial charge in [0.1, 0.15) is 0 Å². The molecule has 65 heavy (non-hydrogen) atoms. The van der Waals surface area contributed by atoms with Crippen molar-refractivity contribution in [3.8, 4) is 11.4 Å². The van der Waals surface area contributed by atoms with Gasteiger partial charge in [-0.25, -0.2) is 0 Å². The molecule has 0 aliphatic heterocycles. The zero-order valence-corrected chi connectivity index (χ0v) is 37.5. The predicted molar refractivity (Wildman–Crippen MR) is 280 cm³/mol. The van der Waals surface area contributed by atoms with E-state index in [1.54, 1.807) is 0 Å². The van der Waals surface area contributed by atoms with Crippen molar-refractivity contribution in [2.45, 2.75) is 0 Å². The number of aromatic nitrogens is 4. The molecular weight excluding hydrogens is 845 g/mol. The van der Waals surface area contributed by atoms with Gasteiger partial charge in [0.05, 0.1) is 33.1 Å². The molecule has 0 spiro atoms. The van der Waals surface area contributed by atoms with Gasteiger partial charge in [-0.05, 0) is 93.5 Å². The molecule has 7 heteroatoms. The summed E-state index contributed by atoms with van der Waals surface area (Å²) in [5.41, 5.74) is 8.89. The molecule has 0 unspecified atom stereocenters. The van der Waals surface area contributed by atoms with Gasteiger partial charge in [-0.2, -0.15) is 0 Å². The van der Waals surface area contributed by atoms with Gasteiger partial charge in [0.25, 0.3) is 0 Å². The van der Waals surface area contributed by atoms with Crippen LogP contribution < -0.4 is 20.7 Å². The van der Waals surface area contributed by atoms with Crippen molar-refractivity contribution in [3.05, 3.63) is 219 Å². The Balaban J connectivity index is 1.04. The van der Waals surface area contributed by atoms with E-state index in [9.17, 15) is 0 Å². The topological polar surface area (TPSA) is 35.6 Å². The Kier molecular flexibility index (Phi) is 8.01. The first-order valence-electron chi connectivity index (χ1n) is 22.0. The van der Waals surface area contributed by atoms with Crippen molar-refractivity contribution in [3.63, 3.8) is 0 Å². The summed E-state index contributed by atoms with van der Waals surface area (Å²) < 4.78 is 10.0. The van der Waals surface area contributed by atoms with Crippen LogP contribution in [-0.2, 0) is 0 Å². The standard InChI is InChI=1S/C58H36N4S2Si/c1-3-15-39(16-4-1)65(40-17-5-2-6-18-40,53-27-11-21-41-45-35-37(29-31-51(45)63-57(41)53)61-47-23-9-7-19-43(47)55-49(61)25-13-33-59-55)54-28-12-22-42-46-36-38(30-32-52(46)64-58(42)54)62-48-24-10-8-20-44(48)56-50(62)26-14-34-60-56/h1-36H. The molecule has 0 saturated carbocycles. The molecule has 14 rings (SSSR count). The molecular formula is C58H36N4S2Si. The zero-order chi connectivity index (χ0) is 42.6. The number of benzene rings is 8. The van der Waals surface area contributed by atoms with E-state index in [1.165, 1.54) is 61.1 Å². The van der Waals surface area contributed by atoms with Crippen molar-refractivity contribution < 1.29 is 0 Å². The highest BCUT2D eigenvalue weighted by molar-refractivity contribution is 7.33. The molecule has 304 valence electrons. The molecule has 4 nitrogen and oxygen atoms in total. The van der Waals surface area contributed by atoms with Crippen molar-refractivity contribution in [1.29, 1.82) is 0 Å². The lowest BCUT2D eigenvalue weighted by Crippen LogP contribution is -2.74. The van der Waals surface area contributed by atoms with E-state index in [0.29, 0.717) is 0 Å². The Morgan fingerprint density at radius 1 is 0.338 bits per heavy atom. The number of hydrogen-bond acceptors (Lipinski definition) is 4. The Bertz CT molecular complexity index is 3820. The van der Waals surface area contributed by atoms with Gasteiger partial charge < -0.3 is 9.13 Å². The number of hydrogen-bond donors (Lipinski definition) is 0. The lowest BCUT2D eigenvalue weighted by molar-refractivity contribution is 1.18. The van der Waals surface area contributed by atoms with Gasteiger partial charge in [-0.15, -0.1) is 22.7 Å². The minimum atomic E-state index is -3.04. The number of pyridine rings is 2. The Morgan fingerprint density at radius 2 is 0.754 bits per heavy atom. The average Bonchev–Trinajstić information content (AvgIpc) is 4.13. The number of para-hydroxylation sites is 2. The summed E-state index contributed by atoms with van der Waals surface area (Å²) in [5.74, 6) is 0. The smallest absolute Gasteiger partial charge is 0.182 e. The highest BCUT2D eigenvalue weighted by Crippen LogP contribution is 2.40. The fraction of sp³-hybridized carbons (Fsp3) is 0. The van der Waals surface area contributed by atoms with E-state index < -0.39 is 8.07 Å². The van der Waals surface area contributed by atoms with Crippen LogP contribution in [0.2, 0.25) is 0 Å². The molecule has 0 N–H and O–H groups in total. The van der Waals surface area contributed by atoms with Gasteiger partial charge in [-0.3, -0.25) is 9.97 Å². The van der Waals surface area contributed by atoms with Gasteiger partial charge in [0.2, 0.25) is 0 Å². The highest BCUT2D eigenvalue weighted by Gasteiger charge is 2.44. The van der Waals surface area contributed by atoms with E-state index in [4.69, 9.17) is 9.97 Å². The maximum atomic E-state index is 4.84. The fourth-order valence-electron chi connectivity index (χ4n) is 10.9. The second-order valence-electron chi connectivity index (χ2n) is 16.9.